The van der Waals surface area contributed by atoms with E-state index in [9.17, 15) is 13.6 Å². The van der Waals surface area contributed by atoms with Crippen molar-refractivity contribution in [3.05, 3.63) is 108 Å². The van der Waals surface area contributed by atoms with Crippen LogP contribution in [0, 0.1) is 6.92 Å². The zero-order valence-corrected chi connectivity index (χ0v) is 22.1. The molecule has 38 heavy (non-hydrogen) atoms. The normalized spacial score (nSPS) is 11.5. The van der Waals surface area contributed by atoms with Gasteiger partial charge in [-0.05, 0) is 55.0 Å². The van der Waals surface area contributed by atoms with Crippen LogP contribution in [0.5, 0.6) is 11.5 Å². The van der Waals surface area contributed by atoms with E-state index in [0.717, 1.165) is 21.1 Å². The molecule has 0 aliphatic carbocycles. The second-order valence-electron chi connectivity index (χ2n) is 8.70. The Balaban J connectivity index is 1.65. The molecule has 0 bridgehead atoms. The lowest BCUT2D eigenvalue weighted by Crippen LogP contribution is -2.22. The van der Waals surface area contributed by atoms with Crippen LogP contribution in [-0.2, 0) is 22.5 Å². The molecule has 196 valence electrons. The Morgan fingerprint density at radius 3 is 2.24 bits per heavy atom. The molecule has 1 atom stereocenters. The third-order valence-electron chi connectivity index (χ3n) is 5.93. The largest absolute Gasteiger partial charge is 0.465 e. The number of anilines is 4. The zero-order valence-electron chi connectivity index (χ0n) is 21.3. The van der Waals surface area contributed by atoms with Gasteiger partial charge in [0.1, 0.15) is 11.5 Å². The van der Waals surface area contributed by atoms with Crippen LogP contribution in [0.25, 0.3) is 0 Å². The summed E-state index contributed by atoms with van der Waals surface area (Å²) in [5, 5.41) is 0. The number of carbonyl (C=O) groups is 1. The average molecular weight is 532 g/mol. The number of nitrogens with two attached hydrogens (primary N) is 1. The van der Waals surface area contributed by atoms with E-state index in [1.807, 2.05) is 67.4 Å². The molecule has 4 rings (SSSR count). The Bertz CT molecular complexity index is 1440. The van der Waals surface area contributed by atoms with Crippen molar-refractivity contribution in [3.63, 3.8) is 0 Å². The highest BCUT2D eigenvalue weighted by Crippen LogP contribution is 2.36. The minimum atomic E-state index is -2.45. The average Bonchev–Trinajstić information content (AvgIpc) is 2.91. The van der Waals surface area contributed by atoms with Gasteiger partial charge in [0.2, 0.25) is 0 Å². The summed E-state index contributed by atoms with van der Waals surface area (Å²) in [6.45, 7) is 2.57. The first kappa shape index (κ1) is 26.7. The van der Waals surface area contributed by atoms with Crippen LogP contribution in [0.2, 0.25) is 0 Å². The van der Waals surface area contributed by atoms with Gasteiger partial charge in [0.25, 0.3) is 11.3 Å². The first-order valence-electron chi connectivity index (χ1n) is 11.8. The van der Waals surface area contributed by atoms with Crippen LogP contribution in [0.4, 0.5) is 22.7 Å². The number of nitrogens with zero attached hydrogens (tertiary/aromatic N) is 2. The number of nitrogen functional groups attached to an aromatic ring is 1. The lowest BCUT2D eigenvalue weighted by molar-refractivity contribution is 0.0601. The van der Waals surface area contributed by atoms with Crippen LogP contribution >= 0.6 is 0 Å². The number of rotatable bonds is 9. The number of ether oxygens (including phenoxy) is 2. The van der Waals surface area contributed by atoms with Crippen molar-refractivity contribution in [3.8, 4) is 11.5 Å². The first-order valence-corrected chi connectivity index (χ1v) is 12.9. The molecular weight excluding hydrogens is 502 g/mol. The van der Waals surface area contributed by atoms with Crippen LogP contribution in [0.15, 0.2) is 91.0 Å². The maximum Gasteiger partial charge on any atom is 0.340 e. The van der Waals surface area contributed by atoms with Gasteiger partial charge in [-0.3, -0.25) is 4.55 Å². The Hall–Kier alpha value is -4.34. The van der Waals surface area contributed by atoms with Gasteiger partial charge in [0, 0.05) is 19.7 Å². The highest BCUT2D eigenvalue weighted by Gasteiger charge is 2.23. The van der Waals surface area contributed by atoms with Gasteiger partial charge in [-0.2, -0.15) is 0 Å². The quantitative estimate of drug-likeness (QED) is 0.153. The fraction of sp³-hybridized carbons (Fsp3) is 0.138. The summed E-state index contributed by atoms with van der Waals surface area (Å²) in [6.07, 6.45) is 0. The Kier molecular flexibility index (Phi) is 8.30. The topological polar surface area (TPSA) is 105 Å². The first-order chi connectivity index (χ1) is 18.3. The van der Waals surface area contributed by atoms with Crippen molar-refractivity contribution in [2.45, 2.75) is 13.5 Å². The van der Waals surface area contributed by atoms with Crippen LogP contribution in [0.1, 0.15) is 21.5 Å². The van der Waals surface area contributed by atoms with E-state index in [4.69, 9.17) is 15.2 Å². The molecule has 0 saturated heterocycles. The van der Waals surface area contributed by atoms with Gasteiger partial charge in [-0.25, -0.2) is 13.3 Å². The molecule has 0 aliphatic rings. The summed E-state index contributed by atoms with van der Waals surface area (Å²) in [5.41, 5.74) is 10.5. The summed E-state index contributed by atoms with van der Waals surface area (Å²) >= 11 is -2.45. The number of carbonyl (C=O) groups excluding carboxylic acids is 1. The number of methoxy groups -OCH3 is 1. The molecule has 0 amide bonds. The Morgan fingerprint density at radius 2 is 1.58 bits per heavy atom. The SMILES string of the molecule is COC(=O)c1cc(Oc2ccc(N)c(N(C)Cc3ccccc3)c2)ccc1N(c1ccc(C)cc1)S(=O)O. The number of hydrogen-bond acceptors (Lipinski definition) is 6. The summed E-state index contributed by atoms with van der Waals surface area (Å²) in [7, 11) is 3.20. The van der Waals surface area contributed by atoms with Crippen molar-refractivity contribution >= 4 is 40.0 Å². The smallest absolute Gasteiger partial charge is 0.340 e. The van der Waals surface area contributed by atoms with Crippen molar-refractivity contribution in [1.29, 1.82) is 0 Å². The van der Waals surface area contributed by atoms with Crippen LogP contribution in [0.3, 0.4) is 0 Å². The minimum Gasteiger partial charge on any atom is -0.465 e. The molecule has 0 fully saturated rings. The molecule has 1 unspecified atom stereocenters. The standard InChI is InChI=1S/C29H29N3O5S/c1-20-9-11-22(12-10-20)32(38(34)35)27-16-14-23(17-25(27)29(33)36-3)37-24-13-15-26(30)28(18-24)31(2)19-21-7-5-4-6-8-21/h4-18H,19,30H2,1-3H3,(H,34,35). The van der Waals surface area contributed by atoms with E-state index in [0.29, 0.717) is 29.4 Å². The van der Waals surface area contributed by atoms with E-state index in [1.54, 1.807) is 36.4 Å². The Morgan fingerprint density at radius 1 is 0.921 bits per heavy atom. The lowest BCUT2D eigenvalue weighted by Gasteiger charge is -2.23. The predicted octanol–water partition coefficient (Wildman–Crippen LogP) is 6.07. The van der Waals surface area contributed by atoms with Crippen LogP contribution in [-0.4, -0.2) is 28.9 Å². The summed E-state index contributed by atoms with van der Waals surface area (Å²) in [5.74, 6) is 0.190. The van der Waals surface area contributed by atoms with Gasteiger partial charge in [-0.1, -0.05) is 48.0 Å². The zero-order chi connectivity index (χ0) is 27.2. The maximum absolute atomic E-state index is 12.7. The highest BCUT2D eigenvalue weighted by molar-refractivity contribution is 7.81. The fourth-order valence-electron chi connectivity index (χ4n) is 4.02. The molecule has 0 radical (unpaired) electrons. The van der Waals surface area contributed by atoms with Crippen LogP contribution < -0.4 is 19.7 Å². The van der Waals surface area contributed by atoms with Gasteiger partial charge in [0.05, 0.1) is 35.4 Å². The van der Waals surface area contributed by atoms with E-state index in [2.05, 4.69) is 0 Å². The molecule has 0 spiro atoms. The molecule has 0 aliphatic heterocycles. The molecular formula is C29H29N3O5S. The fourth-order valence-corrected chi connectivity index (χ4v) is 4.65. The van der Waals surface area contributed by atoms with Gasteiger partial charge in [-0.15, -0.1) is 0 Å². The molecule has 8 nitrogen and oxygen atoms in total. The second kappa shape index (κ2) is 11.8. The number of aryl methyl sites for hydroxylation is 1. The van der Waals surface area contributed by atoms with Crippen molar-refractivity contribution < 1.29 is 23.0 Å². The lowest BCUT2D eigenvalue weighted by atomic mass is 10.1. The molecule has 0 heterocycles. The summed E-state index contributed by atoms with van der Waals surface area (Å²) in [4.78, 5) is 14.7. The van der Waals surface area contributed by atoms with E-state index in [1.165, 1.54) is 13.2 Å². The summed E-state index contributed by atoms with van der Waals surface area (Å²) in [6, 6.07) is 27.1. The molecule has 0 aromatic heterocycles. The van der Waals surface area contributed by atoms with Gasteiger partial charge in [0.15, 0.2) is 0 Å². The second-order valence-corrected chi connectivity index (χ2v) is 9.52. The number of esters is 1. The van der Waals surface area contributed by atoms with E-state index in [-0.39, 0.29) is 11.3 Å². The molecule has 4 aromatic rings. The van der Waals surface area contributed by atoms with E-state index >= 15 is 0 Å². The molecule has 0 saturated carbocycles. The molecule has 9 heteroatoms. The van der Waals surface area contributed by atoms with Gasteiger partial charge >= 0.3 is 5.97 Å². The van der Waals surface area contributed by atoms with Gasteiger partial charge < -0.3 is 20.1 Å². The van der Waals surface area contributed by atoms with Crippen molar-refractivity contribution in [2.24, 2.45) is 0 Å². The Labute approximate surface area is 224 Å². The predicted molar refractivity (Wildman–Crippen MR) is 151 cm³/mol. The van der Waals surface area contributed by atoms with Crippen molar-refractivity contribution in [2.75, 3.05) is 29.1 Å². The summed E-state index contributed by atoms with van der Waals surface area (Å²) < 4.78 is 34.6. The number of benzene rings is 4. The third-order valence-corrected chi connectivity index (χ3v) is 6.65. The van der Waals surface area contributed by atoms with E-state index < -0.39 is 17.2 Å². The third kappa shape index (κ3) is 6.13. The highest BCUT2D eigenvalue weighted by atomic mass is 32.2. The molecule has 3 N–H and O–H groups in total. The number of hydrogen-bond donors (Lipinski definition) is 2. The van der Waals surface area contributed by atoms with Crippen molar-refractivity contribution in [1.82, 2.24) is 0 Å². The monoisotopic (exact) mass is 531 g/mol. The minimum absolute atomic E-state index is 0.0739. The maximum atomic E-state index is 12.7. The molecule has 4 aromatic carbocycles.